The van der Waals surface area contributed by atoms with Crippen molar-refractivity contribution in [3.8, 4) is 0 Å². The fourth-order valence-corrected chi connectivity index (χ4v) is 4.49. The molecule has 0 amide bonds. The maximum Gasteiger partial charge on any atom is 0.255 e. The smallest absolute Gasteiger partial charge is 0.255 e. The van der Waals surface area contributed by atoms with Gasteiger partial charge in [-0.2, -0.15) is 0 Å². The standard InChI is InChI=1S/C25H27N2.ClHO4/c1-19-23(20-13-7-4-8-14-20)27(25(19)26(2)3)24(21-15-9-5-10-16-21)22-17-11-6-12-18-22;2-1(3,4)5/h4-19,23-24H,1-3H3;(H,2,3,4,5)/q+1;/p-1. The highest BCUT2D eigenvalue weighted by Crippen LogP contribution is 2.47. The molecule has 3 aromatic carbocycles. The molecule has 0 radical (unpaired) electrons. The van der Waals surface area contributed by atoms with Crippen molar-refractivity contribution in [3.05, 3.63) is 108 Å². The highest BCUT2D eigenvalue weighted by Gasteiger charge is 2.54. The number of hydrogen-bond donors (Lipinski definition) is 0. The number of rotatable bonds is 4. The van der Waals surface area contributed by atoms with Gasteiger partial charge in [0.2, 0.25) is 0 Å². The number of likely N-dealkylation sites (tertiary alicyclic amines) is 1. The molecule has 6 nitrogen and oxygen atoms in total. The second-order valence-electron chi connectivity index (χ2n) is 7.91. The van der Waals surface area contributed by atoms with Gasteiger partial charge in [-0.05, 0) is 12.5 Å². The van der Waals surface area contributed by atoms with Crippen LogP contribution in [0.15, 0.2) is 91.0 Å². The summed E-state index contributed by atoms with van der Waals surface area (Å²) in [5.74, 6) is 1.87. The van der Waals surface area contributed by atoms with E-state index < -0.39 is 10.2 Å². The fraction of sp³-hybridized carbons (Fsp3) is 0.240. The number of amidine groups is 1. The zero-order valence-electron chi connectivity index (χ0n) is 18.3. The first-order chi connectivity index (χ1) is 15.2. The number of nitrogens with zero attached hydrogens (tertiary/aromatic N) is 2. The number of halogens is 1. The molecular weight excluding hydrogens is 428 g/mol. The first-order valence-electron chi connectivity index (χ1n) is 10.3. The summed E-state index contributed by atoms with van der Waals surface area (Å²) in [5, 5.41) is 0. The van der Waals surface area contributed by atoms with Gasteiger partial charge < -0.3 is 0 Å². The Morgan fingerprint density at radius 3 is 1.47 bits per heavy atom. The molecule has 1 aliphatic rings. The summed E-state index contributed by atoms with van der Waals surface area (Å²) >= 11 is 0. The van der Waals surface area contributed by atoms with Crippen molar-refractivity contribution in [1.82, 2.24) is 4.90 Å². The van der Waals surface area contributed by atoms with Crippen molar-refractivity contribution >= 4 is 5.84 Å². The van der Waals surface area contributed by atoms with Gasteiger partial charge in [-0.15, -0.1) is 10.2 Å². The molecule has 0 N–H and O–H groups in total. The van der Waals surface area contributed by atoms with Gasteiger partial charge >= 0.3 is 0 Å². The quantitative estimate of drug-likeness (QED) is 0.531. The number of benzene rings is 3. The minimum Gasteiger partial charge on any atom is -0.271 e. The third-order valence-corrected chi connectivity index (χ3v) is 5.55. The van der Waals surface area contributed by atoms with Gasteiger partial charge in [-0.3, -0.25) is 4.58 Å². The summed E-state index contributed by atoms with van der Waals surface area (Å²) in [6, 6.07) is 33.2. The highest BCUT2D eigenvalue weighted by atomic mass is 35.7. The molecule has 0 aliphatic carbocycles. The zero-order valence-corrected chi connectivity index (χ0v) is 19.1. The molecule has 3 aromatic rings. The summed E-state index contributed by atoms with van der Waals surface area (Å²) in [6.07, 6.45) is 0. The molecule has 0 spiro atoms. The van der Waals surface area contributed by atoms with Crippen LogP contribution in [0.5, 0.6) is 0 Å². The molecule has 1 aliphatic heterocycles. The van der Waals surface area contributed by atoms with Crippen LogP contribution in [-0.4, -0.2) is 29.4 Å². The van der Waals surface area contributed by atoms with E-state index in [-0.39, 0.29) is 6.04 Å². The minimum atomic E-state index is -4.94. The third kappa shape index (κ3) is 5.73. The maximum atomic E-state index is 8.49. The van der Waals surface area contributed by atoms with Crippen LogP contribution in [0.1, 0.15) is 35.7 Å². The molecule has 0 aromatic heterocycles. The lowest BCUT2D eigenvalue weighted by molar-refractivity contribution is -2.00. The Morgan fingerprint density at radius 2 is 1.09 bits per heavy atom. The first-order valence-corrected chi connectivity index (χ1v) is 11.5. The second kappa shape index (κ2) is 10.3. The molecule has 7 heteroatoms. The van der Waals surface area contributed by atoms with E-state index in [9.17, 15) is 0 Å². The van der Waals surface area contributed by atoms with E-state index in [4.69, 9.17) is 18.6 Å². The van der Waals surface area contributed by atoms with Crippen molar-refractivity contribution in [2.75, 3.05) is 14.1 Å². The van der Waals surface area contributed by atoms with Gasteiger partial charge in [0.25, 0.3) is 5.84 Å². The van der Waals surface area contributed by atoms with Crippen LogP contribution in [-0.2, 0) is 0 Å². The predicted octanol–water partition coefficient (Wildman–Crippen LogP) is 0.384. The van der Waals surface area contributed by atoms with Crippen LogP contribution in [0.2, 0.25) is 0 Å². The summed E-state index contributed by atoms with van der Waals surface area (Å²) in [6.45, 7) is 2.34. The van der Waals surface area contributed by atoms with Gasteiger partial charge in [0.1, 0.15) is 18.0 Å². The second-order valence-corrected chi connectivity index (χ2v) is 8.66. The summed E-state index contributed by atoms with van der Waals surface area (Å²) in [5.41, 5.74) is 4.04. The first kappa shape index (κ1) is 23.9. The molecule has 1 saturated heterocycles. The molecule has 32 heavy (non-hydrogen) atoms. The van der Waals surface area contributed by atoms with Gasteiger partial charge in [-0.25, -0.2) is 23.5 Å². The van der Waals surface area contributed by atoms with E-state index in [2.05, 4.69) is 121 Å². The molecule has 4 rings (SSSR count). The van der Waals surface area contributed by atoms with Crippen LogP contribution >= 0.6 is 0 Å². The summed E-state index contributed by atoms with van der Waals surface area (Å²) in [4.78, 5) is 2.60. The Bertz CT molecular complexity index is 975. The van der Waals surface area contributed by atoms with Crippen molar-refractivity contribution in [3.63, 3.8) is 0 Å². The molecule has 168 valence electrons. The van der Waals surface area contributed by atoms with Crippen LogP contribution in [0.3, 0.4) is 0 Å². The van der Waals surface area contributed by atoms with Gasteiger partial charge in [-0.1, -0.05) is 91.0 Å². The molecule has 1 heterocycles. The van der Waals surface area contributed by atoms with Gasteiger partial charge in [0.15, 0.2) is 0 Å². The van der Waals surface area contributed by atoms with Crippen molar-refractivity contribution in [2.24, 2.45) is 5.92 Å². The normalized spacial score (nSPS) is 18.0. The predicted molar refractivity (Wildman–Crippen MR) is 112 cm³/mol. The largest absolute Gasteiger partial charge is 0.271 e. The zero-order chi connectivity index (χ0) is 23.3. The summed E-state index contributed by atoms with van der Waals surface area (Å²) in [7, 11) is -0.625. The Balaban J connectivity index is 0.000000523. The Hall–Kier alpha value is -2.74. The Labute approximate surface area is 191 Å². The van der Waals surface area contributed by atoms with E-state index >= 15 is 0 Å². The third-order valence-electron chi connectivity index (χ3n) is 5.55. The topological polar surface area (TPSA) is 98.5 Å². The average molecular weight is 455 g/mol. The molecule has 1 fully saturated rings. The van der Waals surface area contributed by atoms with Crippen molar-refractivity contribution < 1.29 is 33.5 Å². The van der Waals surface area contributed by atoms with Crippen LogP contribution in [0.25, 0.3) is 0 Å². The van der Waals surface area contributed by atoms with Gasteiger partial charge in [0, 0.05) is 11.1 Å². The van der Waals surface area contributed by atoms with E-state index in [1.54, 1.807) is 0 Å². The minimum absolute atomic E-state index is 0.200. The lowest BCUT2D eigenvalue weighted by Crippen LogP contribution is -2.68. The average Bonchev–Trinajstić information content (AvgIpc) is 2.74. The van der Waals surface area contributed by atoms with Crippen molar-refractivity contribution in [1.29, 1.82) is 0 Å². The van der Waals surface area contributed by atoms with E-state index in [1.165, 1.54) is 22.5 Å². The van der Waals surface area contributed by atoms with Gasteiger partial charge in [0.05, 0.1) is 14.1 Å². The lowest BCUT2D eigenvalue weighted by Gasteiger charge is -2.47. The molecule has 0 saturated carbocycles. The van der Waals surface area contributed by atoms with Crippen LogP contribution < -0.4 is 18.6 Å². The summed E-state index contributed by atoms with van der Waals surface area (Å²) < 4.78 is 36.3. The molecular formula is C25H27ClN2O4. The monoisotopic (exact) mass is 454 g/mol. The van der Waals surface area contributed by atoms with Crippen LogP contribution in [0.4, 0.5) is 0 Å². The fourth-order valence-electron chi connectivity index (χ4n) is 4.49. The lowest BCUT2D eigenvalue weighted by atomic mass is 9.79. The molecule has 2 unspecified atom stereocenters. The Morgan fingerprint density at radius 1 is 0.719 bits per heavy atom. The highest BCUT2D eigenvalue weighted by molar-refractivity contribution is 5.88. The van der Waals surface area contributed by atoms with Crippen molar-refractivity contribution in [2.45, 2.75) is 19.0 Å². The molecule has 0 bridgehead atoms. The SMILES string of the molecule is CC1C(=[N+](C)C)N(C(c2ccccc2)c2ccccc2)C1c1ccccc1.[O-][Cl+3]([O-])([O-])[O-]. The maximum absolute atomic E-state index is 8.49. The van der Waals surface area contributed by atoms with Crippen LogP contribution in [0, 0.1) is 16.2 Å². The number of hydrogen-bond acceptors (Lipinski definition) is 4. The van der Waals surface area contributed by atoms with E-state index in [0.29, 0.717) is 12.0 Å². The molecule has 2 atom stereocenters. The Kier molecular flexibility index (Phi) is 7.66. The van der Waals surface area contributed by atoms with E-state index in [1.807, 2.05) is 0 Å². The van der Waals surface area contributed by atoms with E-state index in [0.717, 1.165) is 0 Å².